The number of rotatable bonds is 3. The van der Waals surface area contributed by atoms with Crippen LogP contribution in [0.2, 0.25) is 0 Å². The Labute approximate surface area is 130 Å². The molecular weight excluding hydrogens is 284 g/mol. The highest BCUT2D eigenvalue weighted by atomic mass is 16.6. The molecule has 1 aromatic rings. The van der Waals surface area contributed by atoms with E-state index in [1.165, 1.54) is 7.11 Å². The van der Waals surface area contributed by atoms with Crippen molar-refractivity contribution in [2.45, 2.75) is 38.8 Å². The second-order valence-electron chi connectivity index (χ2n) is 5.46. The summed E-state index contributed by atoms with van der Waals surface area (Å²) >= 11 is 0. The second kappa shape index (κ2) is 8.03. The highest BCUT2D eigenvalue weighted by Gasteiger charge is 2.24. The normalized spacial score (nSPS) is 11.6. The number of hydrogen-bond donors (Lipinski definition) is 1. The molecule has 1 aromatic heterocycles. The van der Waals surface area contributed by atoms with Gasteiger partial charge in [0.15, 0.2) is 0 Å². The maximum absolute atomic E-state index is 11.7. The van der Waals surface area contributed by atoms with Crippen molar-refractivity contribution in [3.63, 3.8) is 0 Å². The molecule has 0 spiro atoms. The van der Waals surface area contributed by atoms with Crippen molar-refractivity contribution in [3.8, 4) is 11.8 Å². The van der Waals surface area contributed by atoms with E-state index in [-0.39, 0.29) is 6.42 Å². The van der Waals surface area contributed by atoms with Crippen LogP contribution in [0.25, 0.3) is 0 Å². The first-order valence-corrected chi connectivity index (χ1v) is 6.78. The first-order valence-electron chi connectivity index (χ1n) is 6.78. The van der Waals surface area contributed by atoms with Crippen molar-refractivity contribution in [2.24, 2.45) is 0 Å². The van der Waals surface area contributed by atoms with Crippen molar-refractivity contribution >= 4 is 12.1 Å². The Morgan fingerprint density at radius 2 is 1.95 bits per heavy atom. The smallest absolute Gasteiger partial charge is 0.408 e. The Bertz CT molecular complexity index is 567. The number of methoxy groups -OCH3 is 1. The van der Waals surface area contributed by atoms with E-state index in [1.807, 2.05) is 0 Å². The molecule has 1 N–H and O–H groups in total. The predicted octanol–water partition coefficient (Wildman–Crippen LogP) is 1.89. The largest absolute Gasteiger partial charge is 0.467 e. The van der Waals surface area contributed by atoms with E-state index in [0.717, 1.165) is 5.56 Å². The lowest BCUT2D eigenvalue weighted by Gasteiger charge is -2.21. The number of pyridine rings is 1. The molecule has 0 radical (unpaired) electrons. The number of carbonyl (C=O) groups excluding carboxylic acids is 2. The highest BCUT2D eigenvalue weighted by molar-refractivity contribution is 5.81. The summed E-state index contributed by atoms with van der Waals surface area (Å²) in [5, 5.41) is 2.46. The van der Waals surface area contributed by atoms with Crippen molar-refractivity contribution in [1.82, 2.24) is 10.3 Å². The van der Waals surface area contributed by atoms with E-state index in [0.29, 0.717) is 0 Å². The molecule has 0 fully saturated rings. The van der Waals surface area contributed by atoms with Crippen LogP contribution < -0.4 is 5.32 Å². The van der Waals surface area contributed by atoms with Gasteiger partial charge in [0.2, 0.25) is 0 Å². The standard InChI is InChI=1S/C16H20N2O4/c1-16(2,3)22-15(20)18-13(14(19)21-4)7-5-6-12-8-10-17-11-9-12/h8-11,13H,7H2,1-4H3,(H,18,20)/t13-/m0/s1. The molecule has 22 heavy (non-hydrogen) atoms. The first kappa shape index (κ1) is 17.5. The zero-order valence-electron chi connectivity index (χ0n) is 13.2. The second-order valence-corrected chi connectivity index (χ2v) is 5.46. The third-order valence-corrected chi connectivity index (χ3v) is 2.40. The maximum Gasteiger partial charge on any atom is 0.408 e. The Balaban J connectivity index is 2.68. The molecule has 118 valence electrons. The highest BCUT2D eigenvalue weighted by Crippen LogP contribution is 2.07. The molecule has 0 saturated heterocycles. The van der Waals surface area contributed by atoms with Gasteiger partial charge in [0, 0.05) is 24.4 Å². The molecule has 1 amide bonds. The molecule has 0 aliphatic carbocycles. The quantitative estimate of drug-likeness (QED) is 0.681. The molecule has 1 atom stereocenters. The molecule has 1 rings (SSSR count). The number of aromatic nitrogens is 1. The van der Waals surface area contributed by atoms with Crippen LogP contribution in [0.1, 0.15) is 32.8 Å². The van der Waals surface area contributed by atoms with Gasteiger partial charge in [-0.15, -0.1) is 0 Å². The van der Waals surface area contributed by atoms with Gasteiger partial charge in [-0.25, -0.2) is 9.59 Å². The van der Waals surface area contributed by atoms with E-state index in [1.54, 1.807) is 45.3 Å². The zero-order valence-corrected chi connectivity index (χ0v) is 13.2. The number of carbonyl (C=O) groups is 2. The fraction of sp³-hybridized carbons (Fsp3) is 0.438. The molecule has 0 aliphatic rings. The summed E-state index contributed by atoms with van der Waals surface area (Å²) in [4.78, 5) is 27.3. The Morgan fingerprint density at radius 3 is 2.50 bits per heavy atom. The minimum atomic E-state index is -0.880. The van der Waals surface area contributed by atoms with Gasteiger partial charge >= 0.3 is 12.1 Å². The first-order chi connectivity index (χ1) is 10.3. The number of hydrogen-bond acceptors (Lipinski definition) is 5. The number of esters is 1. The lowest BCUT2D eigenvalue weighted by Crippen LogP contribution is -2.43. The average Bonchev–Trinajstić information content (AvgIpc) is 2.44. The van der Waals surface area contributed by atoms with Gasteiger partial charge in [-0.1, -0.05) is 11.8 Å². The SMILES string of the molecule is COC(=O)[C@H](CC#Cc1ccncc1)NC(=O)OC(C)(C)C. The Kier molecular flexibility index (Phi) is 6.39. The topological polar surface area (TPSA) is 77.5 Å². The van der Waals surface area contributed by atoms with Crippen LogP contribution in [0, 0.1) is 11.8 Å². The average molecular weight is 304 g/mol. The number of amides is 1. The number of nitrogens with zero attached hydrogens (tertiary/aromatic N) is 1. The van der Waals surface area contributed by atoms with E-state index in [9.17, 15) is 9.59 Å². The minimum absolute atomic E-state index is 0.119. The lowest BCUT2D eigenvalue weighted by molar-refractivity contribution is -0.143. The van der Waals surface area contributed by atoms with E-state index >= 15 is 0 Å². The summed E-state index contributed by atoms with van der Waals surface area (Å²) in [5.74, 6) is 5.15. The summed E-state index contributed by atoms with van der Waals surface area (Å²) in [6.45, 7) is 5.22. The van der Waals surface area contributed by atoms with Crippen LogP contribution in [-0.2, 0) is 14.3 Å². The molecule has 6 heteroatoms. The molecular formula is C16H20N2O4. The summed E-state index contributed by atoms with van der Waals surface area (Å²) < 4.78 is 9.77. The van der Waals surface area contributed by atoms with Crippen LogP contribution in [0.3, 0.4) is 0 Å². The third-order valence-electron chi connectivity index (χ3n) is 2.40. The summed E-state index contributed by atoms with van der Waals surface area (Å²) in [6, 6.07) is 2.62. The molecule has 0 aromatic carbocycles. The molecule has 0 saturated carbocycles. The number of nitrogens with one attached hydrogen (secondary N) is 1. The van der Waals surface area contributed by atoms with Gasteiger partial charge in [-0.2, -0.15) is 0 Å². The Morgan fingerprint density at radius 1 is 1.32 bits per heavy atom. The summed E-state index contributed by atoms with van der Waals surface area (Å²) in [5.41, 5.74) is 0.129. The van der Waals surface area contributed by atoms with Crippen molar-refractivity contribution in [2.75, 3.05) is 7.11 Å². The van der Waals surface area contributed by atoms with E-state index in [2.05, 4.69) is 26.9 Å². The van der Waals surface area contributed by atoms with Crippen LogP contribution in [0.4, 0.5) is 4.79 Å². The minimum Gasteiger partial charge on any atom is -0.467 e. The van der Waals surface area contributed by atoms with Crippen LogP contribution in [0.5, 0.6) is 0 Å². The lowest BCUT2D eigenvalue weighted by atomic mass is 10.2. The van der Waals surface area contributed by atoms with E-state index < -0.39 is 23.7 Å². The number of ether oxygens (including phenoxy) is 2. The van der Waals surface area contributed by atoms with Crippen LogP contribution >= 0.6 is 0 Å². The predicted molar refractivity (Wildman–Crippen MR) is 80.9 cm³/mol. The fourth-order valence-corrected chi connectivity index (χ4v) is 1.48. The fourth-order valence-electron chi connectivity index (χ4n) is 1.48. The molecule has 1 heterocycles. The van der Waals surface area contributed by atoms with Gasteiger partial charge in [0.05, 0.1) is 7.11 Å². The van der Waals surface area contributed by atoms with Crippen molar-refractivity contribution in [3.05, 3.63) is 30.1 Å². The van der Waals surface area contributed by atoms with Gasteiger partial charge in [0.1, 0.15) is 11.6 Å². The van der Waals surface area contributed by atoms with Gasteiger partial charge in [0.25, 0.3) is 0 Å². The van der Waals surface area contributed by atoms with Crippen molar-refractivity contribution in [1.29, 1.82) is 0 Å². The maximum atomic E-state index is 11.7. The molecule has 0 aliphatic heterocycles. The van der Waals surface area contributed by atoms with Crippen LogP contribution in [-0.4, -0.2) is 35.8 Å². The monoisotopic (exact) mass is 304 g/mol. The summed E-state index contributed by atoms with van der Waals surface area (Å²) in [7, 11) is 1.25. The van der Waals surface area contributed by atoms with Gasteiger partial charge in [-0.3, -0.25) is 4.98 Å². The van der Waals surface area contributed by atoms with Gasteiger partial charge in [-0.05, 0) is 32.9 Å². The Hall–Kier alpha value is -2.55. The molecule has 0 bridgehead atoms. The van der Waals surface area contributed by atoms with Crippen molar-refractivity contribution < 1.29 is 19.1 Å². The zero-order chi connectivity index (χ0) is 16.6. The third kappa shape index (κ3) is 6.75. The van der Waals surface area contributed by atoms with E-state index in [4.69, 9.17) is 4.74 Å². The molecule has 0 unspecified atom stereocenters. The number of alkyl carbamates (subject to hydrolysis) is 1. The summed E-state index contributed by atoms with van der Waals surface area (Å²) in [6.07, 6.45) is 2.68. The van der Waals surface area contributed by atoms with Crippen LogP contribution in [0.15, 0.2) is 24.5 Å². The van der Waals surface area contributed by atoms with Gasteiger partial charge < -0.3 is 14.8 Å². The molecule has 6 nitrogen and oxygen atoms in total.